The van der Waals surface area contributed by atoms with Gasteiger partial charge in [0, 0.05) is 12.6 Å². The second kappa shape index (κ2) is 6.35. The molecule has 1 unspecified atom stereocenters. The number of anilines is 1. The van der Waals surface area contributed by atoms with E-state index in [1.165, 1.54) is 5.56 Å². The van der Waals surface area contributed by atoms with Crippen molar-refractivity contribution in [3.05, 3.63) is 23.8 Å². The largest absolute Gasteiger partial charge is 0.495 e. The molecule has 4 heteroatoms. The molecule has 0 aromatic heterocycles. The third-order valence-corrected chi connectivity index (χ3v) is 2.46. The highest BCUT2D eigenvalue weighted by Crippen LogP contribution is 2.25. The average Bonchev–Trinajstić information content (AvgIpc) is 2.35. The molecular formula is C12H20N2O2. The zero-order valence-electron chi connectivity index (χ0n) is 9.86. The van der Waals surface area contributed by atoms with Crippen LogP contribution in [0.5, 0.6) is 5.75 Å². The number of hydrogen-bond acceptors (Lipinski definition) is 4. The molecule has 0 aliphatic carbocycles. The fraction of sp³-hybridized carbons (Fsp3) is 0.500. The van der Waals surface area contributed by atoms with Crippen LogP contribution in [0.4, 0.5) is 5.69 Å². The number of aryl methyl sites for hydroxylation is 1. The fourth-order valence-corrected chi connectivity index (χ4v) is 1.42. The molecule has 4 nitrogen and oxygen atoms in total. The molecule has 90 valence electrons. The molecule has 0 bridgehead atoms. The Morgan fingerprint density at radius 2 is 2.25 bits per heavy atom. The Kier molecular flexibility index (Phi) is 5.08. The van der Waals surface area contributed by atoms with Crippen molar-refractivity contribution in [2.75, 3.05) is 25.6 Å². The van der Waals surface area contributed by atoms with Gasteiger partial charge in [0.25, 0.3) is 0 Å². The van der Waals surface area contributed by atoms with E-state index in [1.807, 2.05) is 18.2 Å². The first-order valence-corrected chi connectivity index (χ1v) is 5.48. The van der Waals surface area contributed by atoms with E-state index in [0.29, 0.717) is 6.54 Å². The summed E-state index contributed by atoms with van der Waals surface area (Å²) >= 11 is 0. The van der Waals surface area contributed by atoms with Gasteiger partial charge in [-0.15, -0.1) is 0 Å². The molecule has 4 N–H and O–H groups in total. The van der Waals surface area contributed by atoms with Crippen molar-refractivity contribution in [2.45, 2.75) is 19.4 Å². The molecule has 0 saturated heterocycles. The highest BCUT2D eigenvalue weighted by molar-refractivity contribution is 5.58. The fourth-order valence-electron chi connectivity index (χ4n) is 1.42. The van der Waals surface area contributed by atoms with Crippen molar-refractivity contribution in [1.82, 2.24) is 0 Å². The van der Waals surface area contributed by atoms with Gasteiger partial charge in [0.1, 0.15) is 5.75 Å². The number of methoxy groups -OCH3 is 1. The zero-order valence-corrected chi connectivity index (χ0v) is 9.86. The number of aliphatic hydroxyl groups is 1. The van der Waals surface area contributed by atoms with Gasteiger partial charge in [-0.1, -0.05) is 13.0 Å². The number of nitrogens with two attached hydrogens (primary N) is 1. The number of benzene rings is 1. The van der Waals surface area contributed by atoms with E-state index >= 15 is 0 Å². The summed E-state index contributed by atoms with van der Waals surface area (Å²) in [5.41, 5.74) is 7.79. The quantitative estimate of drug-likeness (QED) is 0.674. The van der Waals surface area contributed by atoms with E-state index in [4.69, 9.17) is 15.6 Å². The Morgan fingerprint density at radius 1 is 1.50 bits per heavy atom. The maximum absolute atomic E-state index is 8.84. The van der Waals surface area contributed by atoms with Crippen LogP contribution >= 0.6 is 0 Å². The molecular weight excluding hydrogens is 204 g/mol. The molecule has 16 heavy (non-hydrogen) atoms. The monoisotopic (exact) mass is 224 g/mol. The Bertz CT molecular complexity index is 329. The molecule has 0 heterocycles. The topological polar surface area (TPSA) is 67.5 Å². The summed E-state index contributed by atoms with van der Waals surface area (Å²) in [5.74, 6) is 0.794. The summed E-state index contributed by atoms with van der Waals surface area (Å²) in [6, 6.07) is 5.76. The van der Waals surface area contributed by atoms with Gasteiger partial charge in [0.15, 0.2) is 0 Å². The minimum absolute atomic E-state index is 0.0250. The van der Waals surface area contributed by atoms with Crippen LogP contribution in [0.3, 0.4) is 0 Å². The normalized spacial score (nSPS) is 12.2. The van der Waals surface area contributed by atoms with Gasteiger partial charge in [0.2, 0.25) is 0 Å². The number of rotatable bonds is 6. The van der Waals surface area contributed by atoms with Crippen LogP contribution in [-0.4, -0.2) is 31.4 Å². The van der Waals surface area contributed by atoms with Gasteiger partial charge in [-0.05, 0) is 24.1 Å². The summed E-state index contributed by atoms with van der Waals surface area (Å²) in [6.07, 6.45) is 0.977. The minimum Gasteiger partial charge on any atom is -0.495 e. The standard InChI is InChI=1S/C12H20N2O2/c1-3-9-4-5-12(16-2)11(6-9)14-7-10(13)8-15/h4-6,10,14-15H,3,7-8,13H2,1-2H3. The summed E-state index contributed by atoms with van der Waals surface area (Å²) in [7, 11) is 1.64. The maximum atomic E-state index is 8.84. The molecule has 1 aromatic rings. The van der Waals surface area contributed by atoms with Crippen molar-refractivity contribution in [2.24, 2.45) is 5.73 Å². The van der Waals surface area contributed by atoms with Crippen molar-refractivity contribution in [3.8, 4) is 5.75 Å². The van der Waals surface area contributed by atoms with Crippen molar-refractivity contribution in [3.63, 3.8) is 0 Å². The summed E-state index contributed by atoms with van der Waals surface area (Å²) in [5, 5.41) is 12.0. The third kappa shape index (κ3) is 3.40. The second-order valence-electron chi connectivity index (χ2n) is 3.71. The summed E-state index contributed by atoms with van der Waals surface area (Å²) < 4.78 is 5.24. The van der Waals surface area contributed by atoms with Gasteiger partial charge in [-0.3, -0.25) is 0 Å². The molecule has 0 radical (unpaired) electrons. The summed E-state index contributed by atoms with van der Waals surface area (Å²) in [6.45, 7) is 2.61. The average molecular weight is 224 g/mol. The Balaban J connectivity index is 2.75. The van der Waals surface area contributed by atoms with E-state index in [2.05, 4.69) is 12.2 Å². The molecule has 0 aliphatic rings. The van der Waals surface area contributed by atoms with Crippen LogP contribution in [0.1, 0.15) is 12.5 Å². The number of hydrogen-bond donors (Lipinski definition) is 3. The van der Waals surface area contributed by atoms with E-state index < -0.39 is 0 Å². The van der Waals surface area contributed by atoms with Gasteiger partial charge in [-0.25, -0.2) is 0 Å². The van der Waals surface area contributed by atoms with Crippen molar-refractivity contribution in [1.29, 1.82) is 0 Å². The third-order valence-electron chi connectivity index (χ3n) is 2.46. The highest BCUT2D eigenvalue weighted by Gasteiger charge is 2.05. The maximum Gasteiger partial charge on any atom is 0.141 e. The van der Waals surface area contributed by atoms with Crippen LogP contribution in [0, 0.1) is 0 Å². The van der Waals surface area contributed by atoms with Crippen molar-refractivity contribution >= 4 is 5.69 Å². The Labute approximate surface area is 96.4 Å². The number of nitrogens with one attached hydrogen (secondary N) is 1. The lowest BCUT2D eigenvalue weighted by Gasteiger charge is -2.15. The Morgan fingerprint density at radius 3 is 2.81 bits per heavy atom. The Hall–Kier alpha value is -1.26. The predicted molar refractivity (Wildman–Crippen MR) is 65.9 cm³/mol. The van der Waals surface area contributed by atoms with E-state index in [9.17, 15) is 0 Å². The van der Waals surface area contributed by atoms with Crippen LogP contribution in [0.15, 0.2) is 18.2 Å². The lowest BCUT2D eigenvalue weighted by molar-refractivity contribution is 0.270. The lowest BCUT2D eigenvalue weighted by atomic mass is 10.1. The van der Waals surface area contributed by atoms with Crippen LogP contribution in [0.25, 0.3) is 0 Å². The first-order chi connectivity index (χ1) is 7.71. The van der Waals surface area contributed by atoms with Gasteiger partial charge in [0.05, 0.1) is 19.4 Å². The smallest absolute Gasteiger partial charge is 0.141 e. The predicted octanol–water partition coefficient (Wildman–Crippen LogP) is 0.989. The van der Waals surface area contributed by atoms with E-state index in [0.717, 1.165) is 17.9 Å². The first kappa shape index (κ1) is 12.8. The number of aliphatic hydroxyl groups excluding tert-OH is 1. The van der Waals surface area contributed by atoms with E-state index in [-0.39, 0.29) is 12.6 Å². The second-order valence-corrected chi connectivity index (χ2v) is 3.71. The molecule has 0 aliphatic heterocycles. The van der Waals surface area contributed by atoms with Crippen LogP contribution in [0.2, 0.25) is 0 Å². The lowest BCUT2D eigenvalue weighted by Crippen LogP contribution is -2.32. The van der Waals surface area contributed by atoms with E-state index in [1.54, 1.807) is 7.11 Å². The zero-order chi connectivity index (χ0) is 12.0. The SMILES string of the molecule is CCc1ccc(OC)c(NCC(N)CO)c1. The highest BCUT2D eigenvalue weighted by atomic mass is 16.5. The molecule has 0 saturated carbocycles. The molecule has 0 amide bonds. The molecule has 1 rings (SSSR count). The van der Waals surface area contributed by atoms with Gasteiger partial charge < -0.3 is 20.9 Å². The first-order valence-electron chi connectivity index (χ1n) is 5.48. The van der Waals surface area contributed by atoms with Crippen molar-refractivity contribution < 1.29 is 9.84 Å². The van der Waals surface area contributed by atoms with Gasteiger partial charge >= 0.3 is 0 Å². The molecule has 1 aromatic carbocycles. The van der Waals surface area contributed by atoms with Gasteiger partial charge in [-0.2, -0.15) is 0 Å². The van der Waals surface area contributed by atoms with Crippen LogP contribution in [-0.2, 0) is 6.42 Å². The minimum atomic E-state index is -0.255. The number of ether oxygens (including phenoxy) is 1. The molecule has 0 fully saturated rings. The van der Waals surface area contributed by atoms with Crippen LogP contribution < -0.4 is 15.8 Å². The molecule has 0 spiro atoms. The molecule has 1 atom stereocenters. The summed E-state index contributed by atoms with van der Waals surface area (Å²) in [4.78, 5) is 0.